The number of pyridine rings is 1. The molecule has 3 aromatic carbocycles. The average molecular weight is 612 g/mol. The van der Waals surface area contributed by atoms with Crippen LogP contribution in [-0.4, -0.2) is 35.9 Å². The molecule has 10 heteroatoms. The van der Waals surface area contributed by atoms with Gasteiger partial charge in [-0.15, -0.1) is 23.2 Å². The van der Waals surface area contributed by atoms with Crippen LogP contribution >= 0.6 is 0 Å². The zero-order valence-electron chi connectivity index (χ0n) is 25.9. The molecule has 5 aromatic rings. The Balaban J connectivity index is 1.24. The molecule has 0 unspecified atom stereocenters. The van der Waals surface area contributed by atoms with Gasteiger partial charge < -0.3 is 19.8 Å². The zero-order valence-corrected chi connectivity index (χ0v) is 26.9. The minimum atomic E-state index is -1.87. The molecule has 0 bridgehead atoms. The molecule has 0 aliphatic heterocycles. The molecular formula is C34H38FN5O3Si-. The number of ether oxygens (including phenoxy) is 1. The summed E-state index contributed by atoms with van der Waals surface area (Å²) in [7, 11) is -0.225. The summed E-state index contributed by atoms with van der Waals surface area (Å²) in [6.07, 6.45) is 2.08. The lowest BCUT2D eigenvalue weighted by atomic mass is 10.1. The standard InChI is InChI=1S/C34H38FN5O3Si/c1-34(2,3)44(5,6)43-22-24-9-17-29(30(19-24)42-4)37-33-38-31-18-12-26(21-40(31)39-33)25-10-15-28(16-11-25)36-32(41)20-23-7-13-27(35)14-8-23/h7-19,21H,20,22H2,1-6H3,(H,36,41)(H,37,39)/q-1. The third kappa shape index (κ3) is 7.32. The normalized spacial score (nSPS) is 11.9. The van der Waals surface area contributed by atoms with E-state index in [2.05, 4.69) is 54.6 Å². The van der Waals surface area contributed by atoms with Gasteiger partial charge in [0.05, 0.1) is 19.2 Å². The quantitative estimate of drug-likeness (QED) is 0.156. The lowest BCUT2D eigenvalue weighted by Crippen LogP contribution is -2.40. The van der Waals surface area contributed by atoms with Crippen molar-refractivity contribution in [3.63, 3.8) is 0 Å². The fraction of sp³-hybridized carbons (Fsp3) is 0.265. The van der Waals surface area contributed by atoms with Crippen LogP contribution in [0.1, 0.15) is 31.9 Å². The van der Waals surface area contributed by atoms with Crippen molar-refractivity contribution in [1.82, 2.24) is 14.6 Å². The first-order valence-electron chi connectivity index (χ1n) is 14.5. The highest BCUT2D eigenvalue weighted by Gasteiger charge is 2.24. The van der Waals surface area contributed by atoms with Gasteiger partial charge in [-0.3, -0.25) is 4.79 Å². The Morgan fingerprint density at radius 1 is 0.932 bits per heavy atom. The van der Waals surface area contributed by atoms with Crippen molar-refractivity contribution in [2.75, 3.05) is 17.7 Å². The van der Waals surface area contributed by atoms with E-state index in [4.69, 9.17) is 9.16 Å². The van der Waals surface area contributed by atoms with Crippen molar-refractivity contribution < 1.29 is 18.3 Å². The number of fused-ring (bicyclic) bond motifs is 1. The smallest absolute Gasteiger partial charge is 0.247 e. The molecule has 44 heavy (non-hydrogen) atoms. The number of benzene rings is 3. The molecule has 2 heterocycles. The number of halogens is 1. The Labute approximate surface area is 258 Å². The summed E-state index contributed by atoms with van der Waals surface area (Å²) in [4.78, 5) is 17.0. The number of amides is 1. The van der Waals surface area contributed by atoms with Gasteiger partial charge in [-0.25, -0.2) is 8.91 Å². The molecule has 229 valence electrons. The van der Waals surface area contributed by atoms with E-state index in [1.54, 1.807) is 23.8 Å². The molecule has 0 saturated carbocycles. The summed E-state index contributed by atoms with van der Waals surface area (Å²) in [5.74, 6) is 0.643. The second kappa shape index (κ2) is 12.6. The van der Waals surface area contributed by atoms with Gasteiger partial charge in [-0.2, -0.15) is 4.98 Å². The Morgan fingerprint density at radius 2 is 1.61 bits per heavy atom. The summed E-state index contributed by atoms with van der Waals surface area (Å²) in [6.45, 7) is 11.7. The van der Waals surface area contributed by atoms with Crippen molar-refractivity contribution in [3.8, 4) is 16.9 Å². The number of carbonyl (C=O) groups is 1. The second-order valence-corrected chi connectivity index (χ2v) is 17.1. The monoisotopic (exact) mass is 611 g/mol. The Kier molecular flexibility index (Phi) is 8.84. The van der Waals surface area contributed by atoms with E-state index in [9.17, 15) is 9.18 Å². The molecule has 0 spiro atoms. The largest absolute Gasteiger partial charge is 0.561 e. The maximum Gasteiger partial charge on any atom is 0.247 e. The van der Waals surface area contributed by atoms with Gasteiger partial charge in [0.1, 0.15) is 11.6 Å². The van der Waals surface area contributed by atoms with Gasteiger partial charge in [0.15, 0.2) is 5.65 Å². The highest BCUT2D eigenvalue weighted by molar-refractivity contribution is 6.74. The summed E-state index contributed by atoms with van der Waals surface area (Å²) >= 11 is 0. The van der Waals surface area contributed by atoms with Gasteiger partial charge in [-0.05, 0) is 73.5 Å². The molecule has 2 aromatic heterocycles. The number of aromatic nitrogens is 3. The van der Waals surface area contributed by atoms with Crippen LogP contribution in [0.4, 0.5) is 21.7 Å². The van der Waals surface area contributed by atoms with E-state index in [0.29, 0.717) is 29.6 Å². The van der Waals surface area contributed by atoms with Crippen LogP contribution in [0.15, 0.2) is 85.1 Å². The van der Waals surface area contributed by atoms with Crippen molar-refractivity contribution in [3.05, 3.63) is 102 Å². The molecule has 0 radical (unpaired) electrons. The SMILES string of the molecule is COc1cc(CO[Si-](C)(C)C(C)(C)C)ccc1Nc1nc2ccc(-c3ccc(NC(=O)Cc4ccc(F)cc4)cc3)cn2n1. The third-order valence-corrected chi connectivity index (χ3v) is 12.5. The van der Waals surface area contributed by atoms with Crippen molar-refractivity contribution in [1.29, 1.82) is 0 Å². The molecular weight excluding hydrogens is 573 g/mol. The first-order valence-corrected chi connectivity index (χ1v) is 17.4. The number of rotatable bonds is 10. The topological polar surface area (TPSA) is 89.8 Å². The summed E-state index contributed by atoms with van der Waals surface area (Å²) in [5, 5.41) is 10.9. The van der Waals surface area contributed by atoms with Crippen LogP contribution in [0.3, 0.4) is 0 Å². The van der Waals surface area contributed by atoms with Gasteiger partial charge in [0, 0.05) is 24.1 Å². The van der Waals surface area contributed by atoms with Crippen molar-refractivity contribution >= 4 is 37.2 Å². The van der Waals surface area contributed by atoms with E-state index in [0.717, 1.165) is 27.9 Å². The summed E-state index contributed by atoms with van der Waals surface area (Å²) in [6, 6.07) is 23.4. The van der Waals surface area contributed by atoms with Crippen LogP contribution in [0.5, 0.6) is 5.75 Å². The number of nitrogens with zero attached hydrogens (tertiary/aromatic N) is 3. The van der Waals surface area contributed by atoms with Crippen LogP contribution in [0, 0.1) is 5.82 Å². The molecule has 0 atom stereocenters. The van der Waals surface area contributed by atoms with E-state index in [1.165, 1.54) is 12.1 Å². The van der Waals surface area contributed by atoms with Crippen LogP contribution in [-0.2, 0) is 22.2 Å². The summed E-state index contributed by atoms with van der Waals surface area (Å²) in [5.41, 5.74) is 5.84. The molecule has 8 nitrogen and oxygen atoms in total. The second-order valence-electron chi connectivity index (χ2n) is 12.3. The van der Waals surface area contributed by atoms with Gasteiger partial charge in [0.2, 0.25) is 11.9 Å². The number of anilines is 3. The molecule has 1 amide bonds. The van der Waals surface area contributed by atoms with E-state index >= 15 is 0 Å². The van der Waals surface area contributed by atoms with E-state index < -0.39 is 8.32 Å². The first-order chi connectivity index (χ1) is 20.9. The minimum absolute atomic E-state index is 0.140. The van der Waals surface area contributed by atoms with Crippen molar-refractivity contribution in [2.24, 2.45) is 0 Å². The van der Waals surface area contributed by atoms with E-state index in [-0.39, 0.29) is 23.2 Å². The predicted molar refractivity (Wildman–Crippen MR) is 175 cm³/mol. The van der Waals surface area contributed by atoms with Crippen LogP contribution in [0.25, 0.3) is 16.8 Å². The van der Waals surface area contributed by atoms with Gasteiger partial charge in [-0.1, -0.05) is 51.1 Å². The fourth-order valence-electron chi connectivity index (χ4n) is 4.38. The predicted octanol–water partition coefficient (Wildman–Crippen LogP) is 7.99. The fourth-order valence-corrected chi connectivity index (χ4v) is 5.34. The van der Waals surface area contributed by atoms with Crippen LogP contribution in [0.2, 0.25) is 18.1 Å². The zero-order chi connectivity index (χ0) is 31.5. The molecule has 2 N–H and O–H groups in total. The molecule has 0 aliphatic rings. The Hall–Kier alpha value is -4.54. The van der Waals surface area contributed by atoms with Gasteiger partial charge in [0.25, 0.3) is 0 Å². The number of carbonyl (C=O) groups excluding carboxylic acids is 1. The summed E-state index contributed by atoms with van der Waals surface area (Å²) < 4.78 is 26.9. The molecule has 5 rings (SSSR count). The highest BCUT2D eigenvalue weighted by atomic mass is 28.4. The maximum atomic E-state index is 13.1. The number of nitrogens with one attached hydrogen (secondary N) is 2. The van der Waals surface area contributed by atoms with Gasteiger partial charge >= 0.3 is 0 Å². The minimum Gasteiger partial charge on any atom is -0.561 e. The molecule has 0 fully saturated rings. The average Bonchev–Trinajstić information content (AvgIpc) is 3.39. The van der Waals surface area contributed by atoms with Crippen LogP contribution < -0.4 is 15.4 Å². The third-order valence-electron chi connectivity index (χ3n) is 8.03. The van der Waals surface area contributed by atoms with E-state index in [1.807, 2.05) is 60.8 Å². The maximum absolute atomic E-state index is 13.1. The van der Waals surface area contributed by atoms with Crippen molar-refractivity contribution in [2.45, 2.75) is 51.9 Å². The lowest BCUT2D eigenvalue weighted by Gasteiger charge is -2.48. The first kappa shape index (κ1) is 30.9. The number of hydrogen-bond acceptors (Lipinski definition) is 6. The number of methoxy groups -OCH3 is 1. The Bertz CT molecular complexity index is 1760. The molecule has 0 saturated heterocycles. The Morgan fingerprint density at radius 3 is 2.30 bits per heavy atom. The number of hydrogen-bond donors (Lipinski definition) is 2. The molecule has 0 aliphatic carbocycles. The highest BCUT2D eigenvalue weighted by Crippen LogP contribution is 2.37. The lowest BCUT2D eigenvalue weighted by molar-refractivity contribution is -0.115.